The smallest absolute Gasteiger partial charge is 0.337 e. The van der Waals surface area contributed by atoms with Gasteiger partial charge in [-0.15, -0.1) is 20.4 Å². The molecule has 14 aromatic rings. The lowest BCUT2D eigenvalue weighted by Gasteiger charge is -2.15. The number of fused-ring (bicyclic) bond motifs is 4. The second kappa shape index (κ2) is 46.6. The number of benzene rings is 8. The Hall–Kier alpha value is -18.6. The summed E-state index contributed by atoms with van der Waals surface area (Å²) in [5.74, 6) is -8.57. The number of H-pyrrole nitrogens is 2. The molecule has 0 fully saturated rings. The number of rotatable bonds is 26. The number of carbonyl (C=O) groups excluding carboxylic acids is 11. The maximum Gasteiger partial charge on any atom is 0.337 e. The number of aromatic amines is 2. The Labute approximate surface area is 842 Å². The number of hydrogen-bond acceptors (Lipinski definition) is 30. The van der Waals surface area contributed by atoms with E-state index in [4.69, 9.17) is 25.8 Å². The van der Waals surface area contributed by atoms with E-state index in [0.717, 1.165) is 44.5 Å². The van der Waals surface area contributed by atoms with Crippen LogP contribution in [0.2, 0.25) is 5.28 Å². The first-order valence-electron chi connectivity index (χ1n) is 45.6. The summed E-state index contributed by atoms with van der Waals surface area (Å²) in [4.78, 5) is 183. The van der Waals surface area contributed by atoms with Crippen LogP contribution in [-0.2, 0) is 66.1 Å². The highest BCUT2D eigenvalue weighted by Gasteiger charge is 2.34. The van der Waals surface area contributed by atoms with Gasteiger partial charge in [-0.25, -0.2) is 76.6 Å². The molecule has 4 atom stereocenters. The molecule has 0 saturated carbocycles. The van der Waals surface area contributed by atoms with Crippen molar-refractivity contribution < 1.29 is 94.4 Å². The second-order valence-corrected chi connectivity index (χ2v) is 34.5. The molecule has 752 valence electrons. The van der Waals surface area contributed by atoms with Crippen molar-refractivity contribution in [3.63, 3.8) is 0 Å². The van der Waals surface area contributed by atoms with Gasteiger partial charge in [-0.3, -0.25) is 38.4 Å². The molecule has 8 amide bonds. The van der Waals surface area contributed by atoms with Crippen molar-refractivity contribution in [3.8, 4) is 29.4 Å². The average Bonchev–Trinajstić information content (AvgIpc) is 1.30. The third-order valence-corrected chi connectivity index (χ3v) is 24.4. The molecule has 0 bridgehead atoms. The standard InChI is InChI=1S/C26H23FN8O4.C26H22FN5O4.C25H22ClFN4O4.C25H21FN8O4/c1-13-9-14(3-7-18(13)27)12-28-24(36)20-11-21(30-22(29-20)23-32-34-35-33-23)25(37)31-19-8-5-15-10-16(26(38)39-2)4-6-17(15)19;1-14-9-15(3-7-19(14)27)13-29-24(33)21-11-22(31-23(12-28)30-21)25(34)32-20-8-5-16-10-17(26(35)36-2)4-6-18(16)20;1-13-9-14(3-7-18(13)27)12-28-22(32)20-11-21(31-25(26)30-20)23(33)29-19-8-5-15-10-16(24(34)35-2)4-6-17(15)19;1-12-8-13(2-6-17(12)26)11-27-23(35)19-10-20(29-21(28-19)22-31-33-34-32-22)24(36)30-18-7-4-14-9-15(25(37)38)3-5-16(14)18/h3-4,6-7,9-11,19H,5,8,12H2,1-2H3,(H,28,36)(H,31,37)(H,32,33,34,35);3-4,6-7,9-11,20H,5,8,13H2,1-2H3,(H,29,33)(H,32,34);3-4,6-7,9-11,19H,5,8,12H2,1-2H3,(H,28,32)(H,29,33);2-3,5-6,8-10,18H,4,7,11H2,1H3,(H,27,35)(H,30,36)(H,37,38)(H,31,32,33,34)/t19-;20-;19-;18-/m0000/s1. The molecule has 0 radical (unpaired) electrons. The van der Waals surface area contributed by atoms with E-state index in [2.05, 4.69) is 124 Å². The van der Waals surface area contributed by atoms with Gasteiger partial charge in [-0.2, -0.15) is 15.7 Å². The summed E-state index contributed by atoms with van der Waals surface area (Å²) in [5.41, 5.74) is 12.6. The molecule has 8 aromatic carbocycles. The predicted molar refractivity (Wildman–Crippen MR) is 514 cm³/mol. The molecule has 0 unspecified atom stereocenters. The van der Waals surface area contributed by atoms with Crippen LogP contribution >= 0.6 is 11.6 Å². The van der Waals surface area contributed by atoms with E-state index < -0.39 is 71.1 Å². The quantitative estimate of drug-likeness (QED) is 0.0104. The Morgan fingerprint density at radius 1 is 0.351 bits per heavy atom. The number of nitrogens with one attached hydrogen (secondary N) is 10. The fourth-order valence-electron chi connectivity index (χ4n) is 16.7. The summed E-state index contributed by atoms with van der Waals surface area (Å²) < 4.78 is 68.3. The van der Waals surface area contributed by atoms with Gasteiger partial charge < -0.3 is 61.9 Å². The van der Waals surface area contributed by atoms with Gasteiger partial charge in [-0.05, 0) is 263 Å². The minimum absolute atomic E-state index is 0.00438. The first-order chi connectivity index (χ1) is 71.1. The molecule has 0 spiro atoms. The van der Waals surface area contributed by atoms with Crippen molar-refractivity contribution in [2.75, 3.05) is 21.3 Å². The minimum atomic E-state index is -1.02. The molecule has 46 heteroatoms. The van der Waals surface area contributed by atoms with Crippen molar-refractivity contribution in [2.24, 2.45) is 0 Å². The molecule has 11 N–H and O–H groups in total. The minimum Gasteiger partial charge on any atom is -0.478 e. The number of nitrogens with zero attached hydrogens (tertiary/aromatic N) is 15. The molecular weight excluding hydrogens is 1940 g/mol. The van der Waals surface area contributed by atoms with Crippen LogP contribution in [0.4, 0.5) is 17.6 Å². The molecule has 0 saturated heterocycles. The number of aromatic carboxylic acids is 1. The number of methoxy groups -OCH3 is 3. The lowest BCUT2D eigenvalue weighted by atomic mass is 10.0. The first kappa shape index (κ1) is 104. The van der Waals surface area contributed by atoms with Crippen LogP contribution in [0.5, 0.6) is 0 Å². The van der Waals surface area contributed by atoms with E-state index in [1.165, 1.54) is 75.9 Å². The van der Waals surface area contributed by atoms with Crippen LogP contribution in [0.3, 0.4) is 0 Å². The van der Waals surface area contributed by atoms with Crippen LogP contribution in [0, 0.1) is 62.3 Å². The van der Waals surface area contributed by atoms with Gasteiger partial charge in [0.2, 0.25) is 34.4 Å². The summed E-state index contributed by atoms with van der Waals surface area (Å²) in [6.07, 6.45) is 5.09. The second-order valence-electron chi connectivity index (χ2n) is 34.1. The number of aryl methyl sites for hydroxylation is 8. The van der Waals surface area contributed by atoms with Crippen molar-refractivity contribution >= 4 is 82.7 Å². The summed E-state index contributed by atoms with van der Waals surface area (Å²) in [6.45, 7) is 7.01. The fraction of sp³-hybridized carbons (Fsp3) is 0.225. The molecule has 6 heterocycles. The van der Waals surface area contributed by atoms with Gasteiger partial charge in [0.1, 0.15) is 74.9 Å². The van der Waals surface area contributed by atoms with Crippen molar-refractivity contribution in [2.45, 2.75) is 129 Å². The summed E-state index contributed by atoms with van der Waals surface area (Å²) >= 11 is 5.98. The highest BCUT2D eigenvalue weighted by atomic mass is 35.5. The lowest BCUT2D eigenvalue weighted by molar-refractivity contribution is 0.0591. The van der Waals surface area contributed by atoms with E-state index in [0.29, 0.717) is 113 Å². The number of nitriles is 1. The highest BCUT2D eigenvalue weighted by molar-refractivity contribution is 6.28. The van der Waals surface area contributed by atoms with Crippen molar-refractivity contribution in [1.29, 1.82) is 5.26 Å². The zero-order chi connectivity index (χ0) is 105. The van der Waals surface area contributed by atoms with E-state index in [9.17, 15) is 85.5 Å². The predicted octanol–water partition coefficient (Wildman–Crippen LogP) is 11.0. The third kappa shape index (κ3) is 25.3. The Morgan fingerprint density at radius 2 is 0.608 bits per heavy atom. The Bertz CT molecular complexity index is 7650. The normalized spacial score (nSPS) is 14.0. The van der Waals surface area contributed by atoms with E-state index in [1.807, 2.05) is 0 Å². The Kier molecular flexibility index (Phi) is 32.7. The molecule has 41 nitrogen and oxygen atoms in total. The number of carbonyl (C=O) groups is 12. The molecule has 4 aliphatic rings. The SMILES string of the molecule is COC(=O)c1ccc2c(c1)CC[C@@H]2NC(=O)c1cc(C(=O)NCc2ccc(F)c(C)c2)nc(-c2nn[nH]n2)n1.COC(=O)c1ccc2c(c1)CC[C@@H]2NC(=O)c1cc(C(=O)NCc2ccc(F)c(C)c2)nc(C#N)n1.COC(=O)c1ccc2c(c1)CC[C@@H]2NC(=O)c1cc(C(=O)NCc2ccc(F)c(C)c2)nc(Cl)n1.Cc1cc(CNC(=O)c2cc(C(=O)N[C@H]3CCc4cc(C(=O)O)ccc43)nc(-c3nn[nH]n3)n2)ccc1F. The number of hydrogen-bond donors (Lipinski definition) is 11. The largest absolute Gasteiger partial charge is 0.478 e. The van der Waals surface area contributed by atoms with Crippen LogP contribution in [0.25, 0.3) is 23.3 Å². The van der Waals surface area contributed by atoms with Gasteiger partial charge in [0.15, 0.2) is 0 Å². The zero-order valence-corrected chi connectivity index (χ0v) is 80.4. The molecular formula is C102H88ClF4N25O16. The van der Waals surface area contributed by atoms with Crippen molar-refractivity contribution in [1.82, 2.24) is 124 Å². The average molecular weight is 2030 g/mol. The first-order valence-corrected chi connectivity index (χ1v) is 46.0. The number of ether oxygens (including phenoxy) is 3. The number of halogens is 5. The summed E-state index contributed by atoms with van der Waals surface area (Å²) in [7, 11) is 3.96. The van der Waals surface area contributed by atoms with Crippen molar-refractivity contribution in [3.05, 3.63) is 361 Å². The maximum absolute atomic E-state index is 13.6. The topological polar surface area (TPSA) is 585 Å². The third-order valence-electron chi connectivity index (χ3n) is 24.2. The molecule has 148 heavy (non-hydrogen) atoms. The van der Waals surface area contributed by atoms with Crippen LogP contribution in [-0.4, -0.2) is 179 Å². The van der Waals surface area contributed by atoms with Crippen LogP contribution in [0.1, 0.15) is 270 Å². The van der Waals surface area contributed by atoms with E-state index in [-0.39, 0.29) is 159 Å². The maximum atomic E-state index is 13.6. The van der Waals surface area contributed by atoms with Crippen LogP contribution < -0.4 is 42.5 Å². The highest BCUT2D eigenvalue weighted by Crippen LogP contribution is 2.37. The molecule has 6 aromatic heterocycles. The number of amides is 8. The number of tetrazole rings is 2. The van der Waals surface area contributed by atoms with Gasteiger partial charge in [-0.1, -0.05) is 72.8 Å². The fourth-order valence-corrected chi connectivity index (χ4v) is 16.9. The van der Waals surface area contributed by atoms with Crippen LogP contribution in [0.15, 0.2) is 170 Å². The van der Waals surface area contributed by atoms with Gasteiger partial charge in [0.25, 0.3) is 47.3 Å². The molecule has 18 rings (SSSR count). The van der Waals surface area contributed by atoms with Gasteiger partial charge in [0, 0.05) is 50.4 Å². The monoisotopic (exact) mass is 2030 g/mol. The van der Waals surface area contributed by atoms with Gasteiger partial charge in [0.05, 0.1) is 67.8 Å². The van der Waals surface area contributed by atoms with E-state index >= 15 is 0 Å². The molecule has 0 aliphatic heterocycles. The Morgan fingerprint density at radius 3 is 0.872 bits per heavy atom. The number of carboxylic acid groups (broad SMARTS) is 1. The van der Waals surface area contributed by atoms with E-state index in [1.54, 1.807) is 149 Å². The summed E-state index contributed by atoms with van der Waals surface area (Å²) in [5, 5.41) is 67.6. The number of aromatic nitrogens is 16. The Balaban J connectivity index is 0.000000148. The number of carboxylic acids is 1. The zero-order valence-electron chi connectivity index (χ0n) is 79.6. The lowest BCUT2D eigenvalue weighted by Crippen LogP contribution is -2.30. The summed E-state index contributed by atoms with van der Waals surface area (Å²) in [6, 6.07) is 43.9. The van der Waals surface area contributed by atoms with Gasteiger partial charge >= 0.3 is 23.9 Å². The number of esters is 3. The molecule has 4 aliphatic carbocycles.